The molecule has 694 valence electrons. The molecule has 0 bridgehead atoms. The van der Waals surface area contributed by atoms with Crippen LogP contribution in [0.4, 0.5) is 0 Å². The van der Waals surface area contributed by atoms with Crippen molar-refractivity contribution in [1.82, 2.24) is 0 Å². The van der Waals surface area contributed by atoms with Crippen molar-refractivity contribution >= 4 is 33.6 Å². The van der Waals surface area contributed by atoms with E-state index in [0.717, 1.165) is 180 Å². The molecule has 0 fully saturated rings. The number of phosphoric ester groups is 2. The van der Waals surface area contributed by atoms with Crippen LogP contribution in [0.15, 0.2) is 170 Å². The smallest absolute Gasteiger partial charge is 0.463 e. The Kier molecular flexibility index (Phi) is 90.1. The zero-order valence-electron chi connectivity index (χ0n) is 76.6. The van der Waals surface area contributed by atoms with Crippen molar-refractivity contribution in [2.45, 2.75) is 424 Å². The number of rotatable bonds is 91. The second-order valence-electron chi connectivity index (χ2n) is 32.1. The Morgan fingerprint density at radius 2 is 0.438 bits per heavy atom. The lowest BCUT2D eigenvalue weighted by atomic mass is 10.0. The molecule has 0 rings (SSSR count). The number of aliphatic hydroxyl groups excluding tert-OH is 2. The van der Waals surface area contributed by atoms with E-state index in [9.17, 15) is 43.5 Å². The number of unbranched alkanes of at least 4 members (excludes halogenated alkanes) is 40. The van der Waals surface area contributed by atoms with Crippen molar-refractivity contribution in [2.24, 2.45) is 0 Å². The number of allylic oxidation sites excluding steroid dienone is 28. The maximum absolute atomic E-state index is 13.1. The van der Waals surface area contributed by atoms with E-state index in [4.69, 9.17) is 32.3 Å². The summed E-state index contributed by atoms with van der Waals surface area (Å²) in [6, 6.07) is 0. The third-order valence-electron chi connectivity index (χ3n) is 20.4. The molecule has 121 heavy (non-hydrogen) atoms. The first-order chi connectivity index (χ1) is 59.2. The number of carbonyl (C=O) groups is 3. The highest BCUT2D eigenvalue weighted by molar-refractivity contribution is 7.47. The summed E-state index contributed by atoms with van der Waals surface area (Å²) in [6.45, 7) is 2.47. The average Bonchev–Trinajstić information content (AvgIpc) is 0.870. The van der Waals surface area contributed by atoms with Crippen molar-refractivity contribution in [2.75, 3.05) is 39.6 Å². The van der Waals surface area contributed by atoms with Gasteiger partial charge in [0, 0.05) is 19.3 Å². The SMILES string of the molecule is CC/C=C\C/C=C\C/C=C\C/C=C\C/C=C\CCCCCCCCCCCCCCCCCCCCCC(=O)OCC(O)COP(=O)(O)OCC(O)COP(=O)(O)OCC(COC(=O)CCCCCCCCCCCCC/C=C\C/C=C\C/C=C\C/C=C\CCCCC)OC(=O)CCCCCCCCC/C=C\C/C=C\C/C=C\C/C=C\C/C=C\CC. The highest BCUT2D eigenvalue weighted by atomic mass is 31.2. The Hall–Kier alpha value is -5.09. The molecule has 0 aromatic carbocycles. The van der Waals surface area contributed by atoms with Gasteiger partial charge in [0.05, 0.1) is 26.4 Å². The summed E-state index contributed by atoms with van der Waals surface area (Å²) >= 11 is 0. The van der Waals surface area contributed by atoms with Gasteiger partial charge in [-0.2, -0.15) is 0 Å². The summed E-state index contributed by atoms with van der Waals surface area (Å²) < 4.78 is 61.6. The summed E-state index contributed by atoms with van der Waals surface area (Å²) in [7, 11) is -9.82. The molecular weight excluding hydrogens is 1560 g/mol. The molecule has 0 spiro atoms. The van der Waals surface area contributed by atoms with Crippen molar-refractivity contribution in [3.63, 3.8) is 0 Å². The number of ether oxygens (including phenoxy) is 3. The van der Waals surface area contributed by atoms with Crippen LogP contribution >= 0.6 is 15.6 Å². The molecule has 0 aliphatic carbocycles. The second kappa shape index (κ2) is 94.1. The molecule has 0 aromatic rings. The topological polar surface area (TPSA) is 231 Å². The average molecular weight is 1730 g/mol. The third kappa shape index (κ3) is 95.4. The van der Waals surface area contributed by atoms with Crippen LogP contribution in [0.5, 0.6) is 0 Å². The van der Waals surface area contributed by atoms with Crippen molar-refractivity contribution in [1.29, 1.82) is 0 Å². The van der Waals surface area contributed by atoms with E-state index in [1.165, 1.54) is 167 Å². The van der Waals surface area contributed by atoms with Crippen LogP contribution in [0.25, 0.3) is 0 Å². The first kappa shape index (κ1) is 116. The van der Waals surface area contributed by atoms with Crippen LogP contribution in [0.3, 0.4) is 0 Å². The molecular formula is C103H176O16P2. The van der Waals surface area contributed by atoms with Crippen molar-refractivity contribution in [3.8, 4) is 0 Å². The largest absolute Gasteiger partial charge is 0.472 e. The van der Waals surface area contributed by atoms with Crippen LogP contribution in [0, 0.1) is 0 Å². The maximum atomic E-state index is 13.1. The molecule has 0 amide bonds. The lowest BCUT2D eigenvalue weighted by Gasteiger charge is -2.21. The molecule has 0 saturated heterocycles. The number of esters is 3. The molecule has 0 aliphatic heterocycles. The fourth-order valence-electron chi connectivity index (χ4n) is 13.1. The third-order valence-corrected chi connectivity index (χ3v) is 22.3. The summed E-state index contributed by atoms with van der Waals surface area (Å²) in [5.41, 5.74) is 0. The van der Waals surface area contributed by atoms with Crippen LogP contribution in [-0.2, 0) is 55.8 Å². The predicted octanol–water partition coefficient (Wildman–Crippen LogP) is 30.2. The minimum atomic E-state index is -4.95. The minimum absolute atomic E-state index is 0.0870. The number of hydrogen-bond donors (Lipinski definition) is 4. The highest BCUT2D eigenvalue weighted by Gasteiger charge is 2.30. The number of carbonyl (C=O) groups excluding carboxylic acids is 3. The lowest BCUT2D eigenvalue weighted by Crippen LogP contribution is -2.30. The molecule has 0 aromatic heterocycles. The van der Waals surface area contributed by atoms with E-state index in [2.05, 4.69) is 191 Å². The molecule has 4 N–H and O–H groups in total. The lowest BCUT2D eigenvalue weighted by molar-refractivity contribution is -0.161. The van der Waals surface area contributed by atoms with Gasteiger partial charge in [0.25, 0.3) is 0 Å². The summed E-state index contributed by atoms with van der Waals surface area (Å²) in [4.78, 5) is 59.1. The minimum Gasteiger partial charge on any atom is -0.463 e. The molecule has 0 aliphatic rings. The van der Waals surface area contributed by atoms with Crippen molar-refractivity contribution < 1.29 is 75.8 Å². The van der Waals surface area contributed by atoms with Crippen LogP contribution in [-0.4, -0.2) is 95.9 Å². The van der Waals surface area contributed by atoms with Crippen molar-refractivity contribution in [3.05, 3.63) is 170 Å². The van der Waals surface area contributed by atoms with Gasteiger partial charge in [0.15, 0.2) is 6.10 Å². The fraction of sp³-hybridized carbons (Fsp3) is 0.699. The number of phosphoric acid groups is 2. The molecule has 5 unspecified atom stereocenters. The first-order valence-electron chi connectivity index (χ1n) is 48.4. The van der Waals surface area contributed by atoms with Gasteiger partial charge in [-0.25, -0.2) is 9.13 Å². The zero-order valence-corrected chi connectivity index (χ0v) is 78.4. The van der Waals surface area contributed by atoms with Crippen LogP contribution in [0.1, 0.15) is 406 Å². The highest BCUT2D eigenvalue weighted by Crippen LogP contribution is 2.45. The standard InChI is InChI=1S/C103H176O16P2/c1-4-7-10-13-16-19-22-25-28-31-34-37-40-42-44-45-46-47-48-49-50-51-53-55-57-59-62-65-68-71-74-77-80-83-86-89-101(106)113-92-98(104)93-115-120(109,110)116-94-99(105)95-117-121(111,112)118-97-100(119-103(108)91-88-85-82-79-76-73-70-67-64-61-56-39-36-33-30-27-24-21-18-15-12-9-6-3)96-114-102(107)90-87-84-81-78-75-72-69-66-63-60-58-54-52-43-41-38-35-32-29-26-23-20-17-14-11-8-5-2/h7,9-10,12,16-21,25-30,34-39,42-44,52,61,64,98-100,104-105H,4-6,8,11,13-15,22-24,31-33,40-41,45-51,53-60,62-63,65-97H2,1-3H3,(H,109,110)(H,111,112)/b10-7-,12-9-,19-16-,20-17-,21-18-,28-25-,29-26-,30-27-,37-34-,38-35-,39-36-,44-42-,52-43-,64-61-. The van der Waals surface area contributed by atoms with E-state index in [1.54, 1.807) is 0 Å². The fourth-order valence-corrected chi connectivity index (χ4v) is 14.7. The molecule has 0 radical (unpaired) electrons. The molecule has 16 nitrogen and oxygen atoms in total. The van der Waals surface area contributed by atoms with Gasteiger partial charge in [-0.15, -0.1) is 0 Å². The van der Waals surface area contributed by atoms with Crippen LogP contribution in [0.2, 0.25) is 0 Å². The molecule has 0 heterocycles. The van der Waals surface area contributed by atoms with Gasteiger partial charge < -0.3 is 34.2 Å². The van der Waals surface area contributed by atoms with Gasteiger partial charge in [0.2, 0.25) is 0 Å². The Morgan fingerprint density at radius 3 is 0.694 bits per heavy atom. The number of hydrogen-bond acceptors (Lipinski definition) is 14. The van der Waals surface area contributed by atoms with E-state index >= 15 is 0 Å². The van der Waals surface area contributed by atoms with Gasteiger partial charge in [0.1, 0.15) is 25.4 Å². The summed E-state index contributed by atoms with van der Waals surface area (Å²) in [6.07, 6.45) is 123. The Bertz CT molecular complexity index is 2880. The van der Waals surface area contributed by atoms with Gasteiger partial charge in [-0.3, -0.25) is 32.5 Å². The van der Waals surface area contributed by atoms with E-state index in [-0.39, 0.29) is 19.3 Å². The van der Waals surface area contributed by atoms with E-state index in [1.807, 2.05) is 0 Å². The second-order valence-corrected chi connectivity index (χ2v) is 35.0. The maximum Gasteiger partial charge on any atom is 0.472 e. The van der Waals surface area contributed by atoms with Gasteiger partial charge in [-0.1, -0.05) is 403 Å². The van der Waals surface area contributed by atoms with Gasteiger partial charge in [-0.05, 0) is 154 Å². The quantitative estimate of drug-likeness (QED) is 0.0146. The molecule has 18 heteroatoms. The van der Waals surface area contributed by atoms with E-state index < -0.39 is 91.5 Å². The Morgan fingerprint density at radius 1 is 0.240 bits per heavy atom. The van der Waals surface area contributed by atoms with E-state index in [0.29, 0.717) is 19.3 Å². The number of aliphatic hydroxyl groups is 2. The Balaban J connectivity index is 4.56. The summed E-state index contributed by atoms with van der Waals surface area (Å²) in [5.74, 6) is -1.58. The zero-order chi connectivity index (χ0) is 87.9. The molecule has 0 saturated carbocycles. The summed E-state index contributed by atoms with van der Waals surface area (Å²) in [5, 5.41) is 20.8. The molecule has 5 atom stereocenters. The Labute approximate surface area is 739 Å². The normalized spacial score (nSPS) is 14.5. The van der Waals surface area contributed by atoms with Gasteiger partial charge >= 0.3 is 33.6 Å². The van der Waals surface area contributed by atoms with Crippen LogP contribution < -0.4 is 0 Å². The first-order valence-corrected chi connectivity index (χ1v) is 51.4. The monoisotopic (exact) mass is 1730 g/mol. The predicted molar refractivity (Wildman–Crippen MR) is 509 cm³/mol.